The Morgan fingerprint density at radius 3 is 3.30 bits per heavy atom. The third-order valence-electron chi connectivity index (χ3n) is 2.34. The van der Waals surface area contributed by atoms with Crippen molar-refractivity contribution in [2.24, 2.45) is 0 Å². The average molecular weight is 139 g/mol. The van der Waals surface area contributed by atoms with E-state index in [1.54, 1.807) is 0 Å². The van der Waals surface area contributed by atoms with E-state index >= 15 is 0 Å². The van der Waals surface area contributed by atoms with Crippen LogP contribution in [0.25, 0.3) is 0 Å². The zero-order valence-electron chi connectivity index (χ0n) is 6.06. The molecule has 3 nitrogen and oxygen atoms in total. The topological polar surface area (TPSA) is 39.1 Å². The van der Waals surface area contributed by atoms with E-state index in [1.807, 2.05) is 0 Å². The predicted molar refractivity (Wildman–Crippen MR) is 40.1 cm³/mol. The molecule has 2 rings (SSSR count). The first kappa shape index (κ1) is 6.16. The van der Waals surface area contributed by atoms with Crippen molar-refractivity contribution in [1.29, 1.82) is 5.41 Å². The van der Waals surface area contributed by atoms with Gasteiger partial charge in [-0.3, -0.25) is 10.7 Å². The molecule has 2 aliphatic rings. The van der Waals surface area contributed by atoms with Gasteiger partial charge in [-0.1, -0.05) is 0 Å². The van der Waals surface area contributed by atoms with E-state index in [0.29, 0.717) is 6.17 Å². The minimum Gasteiger partial charge on any atom is -0.345 e. The van der Waals surface area contributed by atoms with Crippen molar-refractivity contribution < 1.29 is 0 Å². The van der Waals surface area contributed by atoms with Crippen molar-refractivity contribution in [3.8, 4) is 0 Å². The van der Waals surface area contributed by atoms with Gasteiger partial charge in [-0.2, -0.15) is 0 Å². The van der Waals surface area contributed by atoms with Crippen LogP contribution in [0, 0.1) is 5.41 Å². The molecule has 0 aromatic rings. The fraction of sp³-hybridized carbons (Fsp3) is 0.857. The Morgan fingerprint density at radius 1 is 1.60 bits per heavy atom. The monoisotopic (exact) mass is 139 g/mol. The fourth-order valence-corrected chi connectivity index (χ4v) is 1.80. The van der Waals surface area contributed by atoms with Crippen LogP contribution in [-0.4, -0.2) is 30.0 Å². The third kappa shape index (κ3) is 0.814. The van der Waals surface area contributed by atoms with Gasteiger partial charge in [0.2, 0.25) is 0 Å². The van der Waals surface area contributed by atoms with Crippen LogP contribution < -0.4 is 5.32 Å². The summed E-state index contributed by atoms with van der Waals surface area (Å²) in [5, 5.41) is 11.0. The van der Waals surface area contributed by atoms with E-state index in [9.17, 15) is 0 Å². The second kappa shape index (κ2) is 2.23. The summed E-state index contributed by atoms with van der Waals surface area (Å²) in [5.74, 6) is 0.834. The summed E-state index contributed by atoms with van der Waals surface area (Å²) in [6.45, 7) is 2.09. The normalized spacial score (nSPS) is 32.6. The van der Waals surface area contributed by atoms with Crippen molar-refractivity contribution in [3.63, 3.8) is 0 Å². The van der Waals surface area contributed by atoms with Crippen LogP contribution in [0.5, 0.6) is 0 Å². The highest BCUT2D eigenvalue weighted by atomic mass is 15.3. The van der Waals surface area contributed by atoms with Crippen molar-refractivity contribution in [2.45, 2.75) is 25.4 Å². The molecule has 2 fully saturated rings. The second-order valence-electron chi connectivity index (χ2n) is 3.00. The Labute approximate surface area is 60.9 Å². The molecule has 0 bridgehead atoms. The molecule has 2 aliphatic heterocycles. The van der Waals surface area contributed by atoms with Gasteiger partial charge in [0.25, 0.3) is 0 Å². The number of hydrogen-bond donors (Lipinski definition) is 2. The molecule has 0 spiro atoms. The molecule has 10 heavy (non-hydrogen) atoms. The van der Waals surface area contributed by atoms with Gasteiger partial charge >= 0.3 is 0 Å². The number of hydrogen-bond acceptors (Lipinski definition) is 2. The van der Waals surface area contributed by atoms with Gasteiger partial charge in [0.05, 0.1) is 12.0 Å². The van der Waals surface area contributed by atoms with E-state index in [2.05, 4.69) is 10.2 Å². The number of fused-ring (bicyclic) bond motifs is 1. The molecule has 2 heterocycles. The molecule has 0 amide bonds. The van der Waals surface area contributed by atoms with Gasteiger partial charge in [-0.25, -0.2) is 0 Å². The Hall–Kier alpha value is -0.570. The van der Waals surface area contributed by atoms with Crippen molar-refractivity contribution in [2.75, 3.05) is 13.1 Å². The van der Waals surface area contributed by atoms with Gasteiger partial charge in [0.15, 0.2) is 0 Å². The first-order chi connectivity index (χ1) is 4.88. The quantitative estimate of drug-likeness (QED) is 0.509. The lowest BCUT2D eigenvalue weighted by molar-refractivity contribution is 0.297. The minimum absolute atomic E-state index is 0.501. The SMILES string of the molecule is N=C1CCNC2CCCN12. The predicted octanol–water partition coefficient (Wildman–Crippen LogP) is 0.379. The maximum atomic E-state index is 7.60. The average Bonchev–Trinajstić information content (AvgIpc) is 2.36. The molecule has 0 aliphatic carbocycles. The van der Waals surface area contributed by atoms with Gasteiger partial charge in [0.1, 0.15) is 0 Å². The molecule has 0 aromatic carbocycles. The number of nitrogens with one attached hydrogen (secondary N) is 2. The molecule has 1 unspecified atom stereocenters. The Kier molecular flexibility index (Phi) is 1.38. The largest absolute Gasteiger partial charge is 0.345 e. The van der Waals surface area contributed by atoms with Gasteiger partial charge in [0, 0.05) is 19.5 Å². The van der Waals surface area contributed by atoms with Crippen LogP contribution >= 0.6 is 0 Å². The smallest absolute Gasteiger partial charge is 0.0983 e. The molecule has 2 saturated heterocycles. The van der Waals surface area contributed by atoms with Crippen LogP contribution in [0.1, 0.15) is 19.3 Å². The minimum atomic E-state index is 0.501. The summed E-state index contributed by atoms with van der Waals surface area (Å²) in [4.78, 5) is 2.18. The van der Waals surface area contributed by atoms with E-state index in [1.165, 1.54) is 12.8 Å². The highest BCUT2D eigenvalue weighted by molar-refractivity contribution is 5.80. The summed E-state index contributed by atoms with van der Waals surface area (Å²) in [5.41, 5.74) is 0. The molecular formula is C7H13N3. The Morgan fingerprint density at radius 2 is 2.50 bits per heavy atom. The standard InChI is InChI=1S/C7H13N3/c8-6-3-4-9-7-2-1-5-10(6)7/h7-9H,1-5H2. The summed E-state index contributed by atoms with van der Waals surface area (Å²) in [6.07, 6.45) is 3.89. The number of rotatable bonds is 0. The van der Waals surface area contributed by atoms with Gasteiger partial charge in [-0.15, -0.1) is 0 Å². The highest BCUT2D eigenvalue weighted by Crippen LogP contribution is 2.18. The highest BCUT2D eigenvalue weighted by Gasteiger charge is 2.28. The van der Waals surface area contributed by atoms with E-state index in [-0.39, 0.29) is 0 Å². The fourth-order valence-electron chi connectivity index (χ4n) is 1.80. The molecule has 0 radical (unpaired) electrons. The summed E-state index contributed by atoms with van der Waals surface area (Å²) < 4.78 is 0. The summed E-state index contributed by atoms with van der Waals surface area (Å²) in [7, 11) is 0. The van der Waals surface area contributed by atoms with E-state index < -0.39 is 0 Å². The third-order valence-corrected chi connectivity index (χ3v) is 2.34. The number of nitrogens with zero attached hydrogens (tertiary/aromatic N) is 1. The van der Waals surface area contributed by atoms with Crippen LogP contribution in [0.3, 0.4) is 0 Å². The van der Waals surface area contributed by atoms with Crippen LogP contribution in [-0.2, 0) is 0 Å². The zero-order valence-corrected chi connectivity index (χ0v) is 6.06. The molecule has 2 N–H and O–H groups in total. The maximum Gasteiger partial charge on any atom is 0.0983 e. The van der Waals surface area contributed by atoms with E-state index in [4.69, 9.17) is 5.41 Å². The molecule has 0 saturated carbocycles. The first-order valence-corrected chi connectivity index (χ1v) is 3.95. The molecular weight excluding hydrogens is 126 g/mol. The lowest BCUT2D eigenvalue weighted by Crippen LogP contribution is -2.50. The van der Waals surface area contributed by atoms with Crippen molar-refractivity contribution in [1.82, 2.24) is 10.2 Å². The van der Waals surface area contributed by atoms with Crippen molar-refractivity contribution in [3.05, 3.63) is 0 Å². The molecule has 1 atom stereocenters. The summed E-state index contributed by atoms with van der Waals surface area (Å²) in [6, 6.07) is 0. The lowest BCUT2D eigenvalue weighted by Gasteiger charge is -2.32. The second-order valence-corrected chi connectivity index (χ2v) is 3.00. The zero-order chi connectivity index (χ0) is 6.97. The van der Waals surface area contributed by atoms with Crippen molar-refractivity contribution >= 4 is 5.84 Å². The summed E-state index contributed by atoms with van der Waals surface area (Å²) >= 11 is 0. The number of amidine groups is 1. The van der Waals surface area contributed by atoms with Gasteiger partial charge < -0.3 is 4.90 Å². The molecule has 3 heteroatoms. The lowest BCUT2D eigenvalue weighted by atomic mass is 10.2. The van der Waals surface area contributed by atoms with Crippen LogP contribution in [0.2, 0.25) is 0 Å². The Balaban J connectivity index is 2.10. The van der Waals surface area contributed by atoms with Gasteiger partial charge in [-0.05, 0) is 12.8 Å². The van der Waals surface area contributed by atoms with Crippen LogP contribution in [0.4, 0.5) is 0 Å². The molecule has 56 valence electrons. The first-order valence-electron chi connectivity index (χ1n) is 3.95. The molecule has 0 aromatic heterocycles. The van der Waals surface area contributed by atoms with Crippen LogP contribution in [0.15, 0.2) is 0 Å². The van der Waals surface area contributed by atoms with E-state index in [0.717, 1.165) is 25.3 Å². The Bertz CT molecular complexity index is 155. The maximum absolute atomic E-state index is 7.60.